The summed E-state index contributed by atoms with van der Waals surface area (Å²) in [5, 5.41) is 8.95. The SMILES string of the molecule is C1=CCC(c2nc(-c3ccc4c(ccc5ccccc54)c3)nc(-c3c(-c4ccc5oc6ccccc6c5c4)ccc4oc5ccccc5c34)n2)C=C1. The molecule has 52 heavy (non-hydrogen) atoms. The van der Waals surface area contributed by atoms with Crippen LogP contribution in [0.4, 0.5) is 0 Å². The van der Waals surface area contributed by atoms with E-state index in [0.29, 0.717) is 11.6 Å². The molecule has 5 nitrogen and oxygen atoms in total. The van der Waals surface area contributed by atoms with Crippen molar-refractivity contribution in [2.75, 3.05) is 0 Å². The maximum atomic E-state index is 6.46. The van der Waals surface area contributed by atoms with E-state index in [1.54, 1.807) is 0 Å². The Balaban J connectivity index is 1.19. The molecule has 1 aliphatic rings. The lowest BCUT2D eigenvalue weighted by molar-refractivity contribution is 0.668. The molecule has 10 aromatic rings. The van der Waals surface area contributed by atoms with Crippen LogP contribution in [0.15, 0.2) is 167 Å². The third-order valence-electron chi connectivity index (χ3n) is 10.4. The Morgan fingerprint density at radius 2 is 1.17 bits per heavy atom. The third kappa shape index (κ3) is 4.53. The van der Waals surface area contributed by atoms with E-state index in [1.165, 1.54) is 16.2 Å². The summed E-state index contributed by atoms with van der Waals surface area (Å²) >= 11 is 0. The first-order valence-corrected chi connectivity index (χ1v) is 17.6. The smallest absolute Gasteiger partial charge is 0.165 e. The Hall–Kier alpha value is -6.85. The maximum Gasteiger partial charge on any atom is 0.165 e. The second-order valence-electron chi connectivity index (χ2n) is 13.5. The Morgan fingerprint density at radius 3 is 2.06 bits per heavy atom. The largest absolute Gasteiger partial charge is 0.456 e. The highest BCUT2D eigenvalue weighted by Crippen LogP contribution is 2.44. The number of para-hydroxylation sites is 2. The van der Waals surface area contributed by atoms with Crippen molar-refractivity contribution in [3.63, 3.8) is 0 Å². The van der Waals surface area contributed by atoms with E-state index in [-0.39, 0.29) is 5.92 Å². The number of benzene rings is 7. The normalized spacial score (nSPS) is 14.5. The van der Waals surface area contributed by atoms with Crippen LogP contribution in [0.1, 0.15) is 18.2 Å². The van der Waals surface area contributed by atoms with Gasteiger partial charge in [0.15, 0.2) is 11.6 Å². The zero-order valence-electron chi connectivity index (χ0n) is 28.0. The lowest BCUT2D eigenvalue weighted by atomic mass is 9.93. The van der Waals surface area contributed by atoms with Crippen molar-refractivity contribution >= 4 is 65.4 Å². The molecule has 7 aromatic carbocycles. The van der Waals surface area contributed by atoms with Gasteiger partial charge >= 0.3 is 0 Å². The molecule has 3 aromatic heterocycles. The summed E-state index contributed by atoms with van der Waals surface area (Å²) in [5.41, 5.74) is 7.26. The molecule has 11 rings (SSSR count). The topological polar surface area (TPSA) is 65.0 Å². The summed E-state index contributed by atoms with van der Waals surface area (Å²) in [6, 6.07) is 46.4. The minimum atomic E-state index is 0.0206. The molecule has 1 unspecified atom stereocenters. The number of allylic oxidation sites excluding steroid dienone is 4. The quantitative estimate of drug-likeness (QED) is 0.175. The van der Waals surface area contributed by atoms with E-state index in [0.717, 1.165) is 83.8 Å². The van der Waals surface area contributed by atoms with Crippen molar-refractivity contribution in [3.8, 4) is 33.9 Å². The Bertz CT molecular complexity index is 3130. The van der Waals surface area contributed by atoms with Crippen LogP contribution in [0.2, 0.25) is 0 Å². The van der Waals surface area contributed by atoms with Crippen molar-refractivity contribution in [1.82, 2.24) is 15.0 Å². The molecule has 0 bridgehead atoms. The van der Waals surface area contributed by atoms with Gasteiger partial charge in [-0.2, -0.15) is 0 Å². The minimum Gasteiger partial charge on any atom is -0.456 e. The molecule has 3 heterocycles. The monoisotopic (exact) mass is 667 g/mol. The van der Waals surface area contributed by atoms with Crippen LogP contribution >= 0.6 is 0 Å². The zero-order valence-corrected chi connectivity index (χ0v) is 28.0. The summed E-state index contributed by atoms with van der Waals surface area (Å²) in [6.45, 7) is 0. The van der Waals surface area contributed by atoms with Gasteiger partial charge in [-0.1, -0.05) is 115 Å². The first kappa shape index (κ1) is 28.9. The predicted molar refractivity (Wildman–Crippen MR) is 211 cm³/mol. The molecule has 0 aliphatic heterocycles. The van der Waals surface area contributed by atoms with E-state index in [2.05, 4.69) is 133 Å². The van der Waals surface area contributed by atoms with Crippen LogP contribution in [-0.2, 0) is 0 Å². The predicted octanol–water partition coefficient (Wildman–Crippen LogP) is 12.6. The fourth-order valence-electron chi connectivity index (χ4n) is 7.91. The molecule has 1 atom stereocenters. The molecule has 0 amide bonds. The van der Waals surface area contributed by atoms with Crippen LogP contribution in [-0.4, -0.2) is 15.0 Å². The van der Waals surface area contributed by atoms with Gasteiger partial charge in [-0.05, 0) is 81.6 Å². The second kappa shape index (κ2) is 11.3. The summed E-state index contributed by atoms with van der Waals surface area (Å²) in [6.07, 6.45) is 9.34. The first-order valence-electron chi connectivity index (χ1n) is 17.6. The van der Waals surface area contributed by atoms with Gasteiger partial charge in [0.05, 0.1) is 0 Å². The van der Waals surface area contributed by atoms with Crippen molar-refractivity contribution in [2.24, 2.45) is 0 Å². The minimum absolute atomic E-state index is 0.0206. The fraction of sp³-hybridized carbons (Fsp3) is 0.0426. The molecule has 1 aliphatic carbocycles. The van der Waals surface area contributed by atoms with E-state index < -0.39 is 0 Å². The summed E-state index contributed by atoms with van der Waals surface area (Å²) in [4.78, 5) is 15.8. The number of aromatic nitrogens is 3. The number of rotatable bonds is 4. The van der Waals surface area contributed by atoms with E-state index >= 15 is 0 Å². The third-order valence-corrected chi connectivity index (χ3v) is 10.4. The van der Waals surface area contributed by atoms with Crippen molar-refractivity contribution < 1.29 is 8.83 Å². The average molecular weight is 668 g/mol. The van der Waals surface area contributed by atoms with Gasteiger partial charge in [0.2, 0.25) is 0 Å². The summed E-state index contributed by atoms with van der Waals surface area (Å²) in [5.74, 6) is 2.02. The standard InChI is InChI=1S/C47H29N3O2/c1-2-11-29(12-3-1)45-48-46(32-20-22-34-30(26-32)19-18-28-10-4-5-13-33(28)34)50-47(49-45)44-35(23-25-42-43(44)37-15-7-9-17-40(37)52-42)31-21-24-41-38(27-31)36-14-6-8-16-39(36)51-41/h1-11,13-27,29H,12H2. The Kier molecular flexibility index (Phi) is 6.31. The Morgan fingerprint density at radius 1 is 0.481 bits per heavy atom. The molecule has 5 heteroatoms. The van der Waals surface area contributed by atoms with E-state index in [9.17, 15) is 0 Å². The van der Waals surface area contributed by atoms with Crippen LogP contribution in [0.5, 0.6) is 0 Å². The van der Waals surface area contributed by atoms with Gasteiger partial charge < -0.3 is 8.83 Å². The van der Waals surface area contributed by atoms with E-state index in [4.69, 9.17) is 23.8 Å². The van der Waals surface area contributed by atoms with Crippen molar-refractivity contribution in [1.29, 1.82) is 0 Å². The van der Waals surface area contributed by atoms with Gasteiger partial charge in [-0.3, -0.25) is 0 Å². The Labute approximate surface area is 298 Å². The summed E-state index contributed by atoms with van der Waals surface area (Å²) in [7, 11) is 0. The first-order chi connectivity index (χ1) is 25.7. The number of nitrogens with zero attached hydrogens (tertiary/aromatic N) is 3. The molecule has 0 saturated heterocycles. The van der Waals surface area contributed by atoms with Crippen LogP contribution in [0.3, 0.4) is 0 Å². The second-order valence-corrected chi connectivity index (χ2v) is 13.5. The van der Waals surface area contributed by atoms with Crippen molar-refractivity contribution in [2.45, 2.75) is 12.3 Å². The lowest BCUT2D eigenvalue weighted by Crippen LogP contribution is -2.08. The molecule has 0 fully saturated rings. The highest BCUT2D eigenvalue weighted by molar-refractivity contribution is 6.16. The van der Waals surface area contributed by atoms with Gasteiger partial charge in [-0.25, -0.2) is 15.0 Å². The fourth-order valence-corrected chi connectivity index (χ4v) is 7.91. The zero-order chi connectivity index (χ0) is 34.2. The molecule has 244 valence electrons. The average Bonchev–Trinajstić information content (AvgIpc) is 3.78. The molecule has 0 N–H and O–H groups in total. The summed E-state index contributed by atoms with van der Waals surface area (Å²) < 4.78 is 12.7. The van der Waals surface area contributed by atoms with Gasteiger partial charge in [0, 0.05) is 38.6 Å². The number of fused-ring (bicyclic) bond motifs is 9. The maximum absolute atomic E-state index is 6.46. The van der Waals surface area contributed by atoms with Gasteiger partial charge in [0.25, 0.3) is 0 Å². The highest BCUT2D eigenvalue weighted by Gasteiger charge is 2.24. The molecule has 0 radical (unpaired) electrons. The highest BCUT2D eigenvalue weighted by atomic mass is 16.3. The lowest BCUT2D eigenvalue weighted by Gasteiger charge is -2.17. The molecular weight excluding hydrogens is 639 g/mol. The molecule has 0 spiro atoms. The molecule has 0 saturated carbocycles. The van der Waals surface area contributed by atoms with Gasteiger partial charge in [-0.15, -0.1) is 0 Å². The van der Waals surface area contributed by atoms with Crippen LogP contribution in [0, 0.1) is 0 Å². The van der Waals surface area contributed by atoms with E-state index in [1.807, 2.05) is 24.3 Å². The number of hydrogen-bond acceptors (Lipinski definition) is 5. The van der Waals surface area contributed by atoms with Gasteiger partial charge in [0.1, 0.15) is 28.2 Å². The number of furan rings is 2. The molecular formula is C47H29N3O2. The van der Waals surface area contributed by atoms with Crippen LogP contribution in [0.25, 0.3) is 99.3 Å². The van der Waals surface area contributed by atoms with Crippen LogP contribution < -0.4 is 0 Å². The van der Waals surface area contributed by atoms with Crippen molar-refractivity contribution in [3.05, 3.63) is 164 Å². The number of hydrogen-bond donors (Lipinski definition) is 0.